The molecule has 2 amide bonds. The van der Waals surface area contributed by atoms with Gasteiger partial charge in [0.15, 0.2) is 5.82 Å². The van der Waals surface area contributed by atoms with E-state index >= 15 is 0 Å². The molecule has 2 unspecified atom stereocenters. The Kier molecular flexibility index (Phi) is 11.2. The molecule has 3 heterocycles. The Balaban J connectivity index is 1.47. The molecule has 0 radical (unpaired) electrons. The summed E-state index contributed by atoms with van der Waals surface area (Å²) < 4.78 is 7.81. The van der Waals surface area contributed by atoms with Gasteiger partial charge in [-0.25, -0.2) is 4.79 Å². The summed E-state index contributed by atoms with van der Waals surface area (Å²) >= 11 is 0. The lowest BCUT2D eigenvalue weighted by Crippen LogP contribution is -2.47. The summed E-state index contributed by atoms with van der Waals surface area (Å²) in [5.41, 5.74) is 4.08. The second-order valence-corrected chi connectivity index (χ2v) is 13.3. The van der Waals surface area contributed by atoms with Crippen molar-refractivity contribution in [2.24, 2.45) is 13.0 Å². The fourth-order valence-electron chi connectivity index (χ4n) is 5.80. The molecule has 0 fully saturated rings. The monoisotopic (exact) mass is 643 g/mol. The molecule has 0 spiro atoms. The van der Waals surface area contributed by atoms with E-state index in [1.165, 1.54) is 4.80 Å². The van der Waals surface area contributed by atoms with E-state index in [1.807, 2.05) is 76.3 Å². The number of aryl methyl sites for hydroxylation is 3. The van der Waals surface area contributed by atoms with Crippen molar-refractivity contribution in [2.45, 2.75) is 98.8 Å². The number of aromatic nitrogens is 5. The Hall–Kier alpha value is -4.54. The minimum absolute atomic E-state index is 0.0822. The van der Waals surface area contributed by atoms with Crippen LogP contribution in [0.5, 0.6) is 0 Å². The van der Waals surface area contributed by atoms with Crippen LogP contribution in [-0.2, 0) is 24.6 Å². The van der Waals surface area contributed by atoms with Crippen molar-refractivity contribution < 1.29 is 19.1 Å². The van der Waals surface area contributed by atoms with Gasteiger partial charge < -0.3 is 19.4 Å². The van der Waals surface area contributed by atoms with Crippen molar-refractivity contribution in [1.29, 1.82) is 0 Å². The average molecular weight is 644 g/mol. The number of hydrogen-bond donors (Lipinski definition) is 1. The van der Waals surface area contributed by atoms with Crippen LogP contribution in [0.15, 0.2) is 48.7 Å². The van der Waals surface area contributed by atoms with Crippen LogP contribution in [0.1, 0.15) is 118 Å². The molecule has 2 atom stereocenters. The van der Waals surface area contributed by atoms with Crippen LogP contribution in [-0.4, -0.2) is 65.5 Å². The van der Waals surface area contributed by atoms with Gasteiger partial charge in [-0.15, -0.1) is 10.2 Å². The Labute approximate surface area is 277 Å². The maximum absolute atomic E-state index is 13.8. The third-order valence-corrected chi connectivity index (χ3v) is 8.53. The van der Waals surface area contributed by atoms with Crippen molar-refractivity contribution in [3.8, 4) is 0 Å². The van der Waals surface area contributed by atoms with Crippen molar-refractivity contribution in [2.75, 3.05) is 6.54 Å². The number of ketones is 1. The summed E-state index contributed by atoms with van der Waals surface area (Å²) in [5.74, 6) is 0.299. The van der Waals surface area contributed by atoms with E-state index in [1.54, 1.807) is 30.3 Å². The summed E-state index contributed by atoms with van der Waals surface area (Å²) in [4.78, 5) is 43.0. The van der Waals surface area contributed by atoms with E-state index < -0.39 is 0 Å². The van der Waals surface area contributed by atoms with Crippen molar-refractivity contribution in [3.63, 3.8) is 0 Å². The molecule has 252 valence electrons. The third kappa shape index (κ3) is 8.25. The van der Waals surface area contributed by atoms with Crippen molar-refractivity contribution >= 4 is 23.3 Å². The topological polar surface area (TPSA) is 124 Å². The zero-order valence-corrected chi connectivity index (χ0v) is 29.2. The highest BCUT2D eigenvalue weighted by Gasteiger charge is 2.29. The highest BCUT2D eigenvalue weighted by molar-refractivity contribution is 6.10. The Morgan fingerprint density at radius 1 is 1.00 bits per heavy atom. The molecular weight excluding hydrogens is 594 g/mol. The molecule has 4 aromatic rings. The Morgan fingerprint density at radius 2 is 1.70 bits per heavy atom. The maximum atomic E-state index is 13.8. The maximum Gasteiger partial charge on any atom is 0.410 e. The summed E-state index contributed by atoms with van der Waals surface area (Å²) in [5, 5.41) is 15.1. The molecule has 1 aromatic carbocycles. The standard InChI is InChI=1S/C36H49N7O4/c1-10-25-21-28-22-27(34(45)37-29(11-2)33-38-40-41(9)39-33)19-20-42(28)31(25)32(44)26-16-13-24(14-17-26)15-18-30(23(4)5)47-35(46)43(12-3)36(6,7)8/h13-14,16-17,19-23,29-30H,10-12,15,18H2,1-9H3,(H,37,45). The number of tetrazole rings is 1. The molecule has 11 heteroatoms. The van der Waals surface area contributed by atoms with E-state index in [-0.39, 0.29) is 41.4 Å². The number of nitrogens with zero attached hydrogens (tertiary/aromatic N) is 6. The molecule has 0 aliphatic carbocycles. The first-order valence-electron chi connectivity index (χ1n) is 16.6. The molecule has 0 saturated carbocycles. The zero-order chi connectivity index (χ0) is 34.5. The normalized spacial score (nSPS) is 13.1. The summed E-state index contributed by atoms with van der Waals surface area (Å²) in [6.45, 7) is 16.6. The van der Waals surface area contributed by atoms with Crippen LogP contribution in [0.3, 0.4) is 0 Å². The molecule has 0 aliphatic rings. The van der Waals surface area contributed by atoms with E-state index in [9.17, 15) is 14.4 Å². The van der Waals surface area contributed by atoms with Crippen LogP contribution in [0, 0.1) is 5.92 Å². The first-order valence-corrected chi connectivity index (χ1v) is 16.6. The van der Waals surface area contributed by atoms with Crippen molar-refractivity contribution in [1.82, 2.24) is 34.8 Å². The van der Waals surface area contributed by atoms with E-state index in [0.29, 0.717) is 48.5 Å². The average Bonchev–Trinajstić information content (AvgIpc) is 3.63. The van der Waals surface area contributed by atoms with Gasteiger partial charge in [0.2, 0.25) is 5.78 Å². The van der Waals surface area contributed by atoms with Gasteiger partial charge in [0.1, 0.15) is 6.10 Å². The molecule has 1 N–H and O–H groups in total. The van der Waals surface area contributed by atoms with Crippen LogP contribution in [0.4, 0.5) is 4.79 Å². The first-order chi connectivity index (χ1) is 22.3. The number of nitrogens with one attached hydrogen (secondary N) is 1. The van der Waals surface area contributed by atoms with Gasteiger partial charge in [0.25, 0.3) is 5.91 Å². The number of carbonyl (C=O) groups is 3. The van der Waals surface area contributed by atoms with Gasteiger partial charge in [0.05, 0.1) is 18.8 Å². The lowest BCUT2D eigenvalue weighted by Gasteiger charge is -2.35. The SMILES string of the molecule is CCc1cc2cc(C(=O)NC(CC)c3nnn(C)n3)ccn2c1C(=O)c1ccc(CCC(OC(=O)N(CC)C(C)(C)C)C(C)C)cc1. The highest BCUT2D eigenvalue weighted by atomic mass is 16.6. The smallest absolute Gasteiger partial charge is 0.410 e. The first kappa shape index (κ1) is 35.3. The molecule has 3 aromatic heterocycles. The Bertz CT molecular complexity index is 1700. The lowest BCUT2D eigenvalue weighted by atomic mass is 9.97. The minimum atomic E-state index is -0.364. The molecule has 11 nitrogen and oxygen atoms in total. The van der Waals surface area contributed by atoms with Gasteiger partial charge in [-0.05, 0) is 93.8 Å². The van der Waals surface area contributed by atoms with Gasteiger partial charge in [-0.1, -0.05) is 52.0 Å². The van der Waals surface area contributed by atoms with E-state index in [4.69, 9.17) is 4.74 Å². The third-order valence-electron chi connectivity index (χ3n) is 8.53. The molecule has 4 rings (SSSR count). The van der Waals surface area contributed by atoms with Crippen LogP contribution >= 0.6 is 0 Å². The number of rotatable bonds is 13. The van der Waals surface area contributed by atoms with Crippen molar-refractivity contribution in [3.05, 3.63) is 82.4 Å². The number of ether oxygens (including phenoxy) is 1. The zero-order valence-electron chi connectivity index (χ0n) is 29.2. The number of fused-ring (bicyclic) bond motifs is 1. The molecule has 0 bridgehead atoms. The van der Waals surface area contributed by atoms with E-state index in [2.05, 4.69) is 34.6 Å². The summed E-state index contributed by atoms with van der Waals surface area (Å²) in [6.07, 6.45) is 3.95. The number of hydrogen-bond acceptors (Lipinski definition) is 7. The fourth-order valence-corrected chi connectivity index (χ4v) is 5.80. The van der Waals surface area contributed by atoms with E-state index in [0.717, 1.165) is 23.1 Å². The predicted molar refractivity (Wildman–Crippen MR) is 182 cm³/mol. The molecular formula is C36H49N7O4. The lowest BCUT2D eigenvalue weighted by molar-refractivity contribution is 0.0194. The predicted octanol–water partition coefficient (Wildman–Crippen LogP) is 6.35. The summed E-state index contributed by atoms with van der Waals surface area (Å²) in [6, 6.07) is 12.8. The molecule has 0 aliphatic heterocycles. The number of benzene rings is 1. The number of carbonyl (C=O) groups excluding carboxylic acids is 3. The van der Waals surface area contributed by atoms with Gasteiger partial charge in [-0.2, -0.15) is 4.80 Å². The second kappa shape index (κ2) is 14.9. The Morgan fingerprint density at radius 3 is 2.26 bits per heavy atom. The van der Waals surface area contributed by atoms with Gasteiger partial charge in [-0.3, -0.25) is 9.59 Å². The van der Waals surface area contributed by atoms with Crippen LogP contribution < -0.4 is 5.32 Å². The summed E-state index contributed by atoms with van der Waals surface area (Å²) in [7, 11) is 1.68. The molecule has 47 heavy (non-hydrogen) atoms. The second-order valence-electron chi connectivity index (χ2n) is 13.3. The largest absolute Gasteiger partial charge is 0.446 e. The van der Waals surface area contributed by atoms with Gasteiger partial charge >= 0.3 is 6.09 Å². The highest BCUT2D eigenvalue weighted by Crippen LogP contribution is 2.24. The van der Waals surface area contributed by atoms with Crippen LogP contribution in [0.2, 0.25) is 0 Å². The number of pyridine rings is 1. The quantitative estimate of drug-likeness (QED) is 0.168. The number of amides is 2. The molecule has 0 saturated heterocycles. The minimum Gasteiger partial charge on any atom is -0.446 e. The van der Waals surface area contributed by atoms with Gasteiger partial charge in [0, 0.05) is 34.9 Å². The van der Waals surface area contributed by atoms with Crippen LogP contribution in [0.25, 0.3) is 5.52 Å². The fraction of sp³-hybridized carbons (Fsp3) is 0.500.